The van der Waals surface area contributed by atoms with Gasteiger partial charge < -0.3 is 10.4 Å². The average Bonchev–Trinajstić information content (AvgIpc) is 2.52. The number of nitrogens with one attached hydrogen (secondary N) is 1. The Labute approximate surface area is 120 Å². The molecule has 0 aromatic carbocycles. The van der Waals surface area contributed by atoms with Crippen LogP contribution in [0.25, 0.3) is 0 Å². The molecule has 0 spiro atoms. The molecule has 20 heavy (non-hydrogen) atoms. The summed E-state index contributed by atoms with van der Waals surface area (Å²) < 4.78 is 0. The van der Waals surface area contributed by atoms with Crippen molar-refractivity contribution in [2.75, 3.05) is 13.2 Å². The van der Waals surface area contributed by atoms with Crippen LogP contribution >= 0.6 is 0 Å². The molecule has 0 radical (unpaired) electrons. The molecule has 1 aromatic heterocycles. The van der Waals surface area contributed by atoms with Crippen molar-refractivity contribution in [2.45, 2.75) is 38.5 Å². The summed E-state index contributed by atoms with van der Waals surface area (Å²) in [6.07, 6.45) is 9.40. The summed E-state index contributed by atoms with van der Waals surface area (Å²) >= 11 is 0. The molecular formula is C16H24N2O2. The first kappa shape index (κ1) is 15.0. The fraction of sp³-hybridized carbons (Fsp3) is 0.625. The lowest BCUT2D eigenvalue weighted by atomic mass is 9.79. The molecule has 1 aromatic rings. The molecule has 0 aliphatic heterocycles. The molecule has 2 unspecified atom stereocenters. The van der Waals surface area contributed by atoms with Crippen molar-refractivity contribution in [2.24, 2.45) is 11.8 Å². The minimum absolute atomic E-state index is 0.0936. The van der Waals surface area contributed by atoms with Gasteiger partial charge in [-0.3, -0.25) is 9.78 Å². The van der Waals surface area contributed by atoms with Crippen molar-refractivity contribution < 1.29 is 9.90 Å². The number of hydrogen-bond donors (Lipinski definition) is 2. The topological polar surface area (TPSA) is 62.2 Å². The van der Waals surface area contributed by atoms with Crippen LogP contribution in [0.15, 0.2) is 24.5 Å². The molecule has 1 saturated carbocycles. The highest BCUT2D eigenvalue weighted by atomic mass is 16.3. The molecule has 2 rings (SSSR count). The largest absolute Gasteiger partial charge is 0.396 e. The molecule has 110 valence electrons. The Balaban J connectivity index is 1.69. The summed E-state index contributed by atoms with van der Waals surface area (Å²) in [7, 11) is 0. The van der Waals surface area contributed by atoms with Gasteiger partial charge in [-0.15, -0.1) is 0 Å². The number of nitrogens with zero attached hydrogens (tertiary/aromatic N) is 1. The molecule has 1 heterocycles. The summed E-state index contributed by atoms with van der Waals surface area (Å²) in [5.74, 6) is 0.898. The van der Waals surface area contributed by atoms with Crippen molar-refractivity contribution >= 4 is 5.91 Å². The lowest BCUT2D eigenvalue weighted by molar-refractivity contribution is -0.121. The van der Waals surface area contributed by atoms with Gasteiger partial charge in [-0.05, 0) is 42.7 Å². The zero-order valence-corrected chi connectivity index (χ0v) is 11.9. The van der Waals surface area contributed by atoms with Crippen molar-refractivity contribution in [3.63, 3.8) is 0 Å². The zero-order valence-electron chi connectivity index (χ0n) is 11.9. The van der Waals surface area contributed by atoms with E-state index in [4.69, 9.17) is 0 Å². The van der Waals surface area contributed by atoms with E-state index in [9.17, 15) is 9.90 Å². The number of aromatic nitrogens is 1. The van der Waals surface area contributed by atoms with Gasteiger partial charge in [0.15, 0.2) is 0 Å². The summed E-state index contributed by atoms with van der Waals surface area (Å²) in [6, 6.07) is 3.88. The van der Waals surface area contributed by atoms with Crippen LogP contribution in [0.1, 0.15) is 37.7 Å². The zero-order chi connectivity index (χ0) is 14.2. The smallest absolute Gasteiger partial charge is 0.220 e. The van der Waals surface area contributed by atoms with Crippen LogP contribution in [0.4, 0.5) is 0 Å². The van der Waals surface area contributed by atoms with Crippen LogP contribution in [0.5, 0.6) is 0 Å². The van der Waals surface area contributed by atoms with Crippen molar-refractivity contribution in [1.82, 2.24) is 10.3 Å². The number of carbonyl (C=O) groups is 1. The van der Waals surface area contributed by atoms with E-state index in [1.165, 1.54) is 12.8 Å². The van der Waals surface area contributed by atoms with E-state index >= 15 is 0 Å². The second-order valence-electron chi connectivity index (χ2n) is 5.65. The number of rotatable bonds is 6. The standard InChI is InChI=1S/C16H24N2O2/c19-12-15-6-2-1-5-14(15)11-18-16(20)8-7-13-4-3-9-17-10-13/h3-4,9-10,14-15,19H,1-2,5-8,11-12H2,(H,18,20). The molecule has 1 fully saturated rings. The molecule has 1 aliphatic carbocycles. The second-order valence-corrected chi connectivity index (χ2v) is 5.65. The molecule has 0 bridgehead atoms. The van der Waals surface area contributed by atoms with Gasteiger partial charge in [-0.1, -0.05) is 18.9 Å². The number of aliphatic hydroxyl groups is 1. The number of hydrogen-bond acceptors (Lipinski definition) is 3. The first-order valence-electron chi connectivity index (χ1n) is 7.56. The summed E-state index contributed by atoms with van der Waals surface area (Å²) in [6.45, 7) is 0.952. The predicted octanol–water partition coefficient (Wildman–Crippen LogP) is 1.93. The third kappa shape index (κ3) is 4.60. The van der Waals surface area contributed by atoms with E-state index < -0.39 is 0 Å². The predicted molar refractivity (Wildman–Crippen MR) is 78.1 cm³/mol. The van der Waals surface area contributed by atoms with Gasteiger partial charge in [0.25, 0.3) is 0 Å². The molecule has 2 N–H and O–H groups in total. The minimum Gasteiger partial charge on any atom is -0.396 e. The van der Waals surface area contributed by atoms with E-state index in [-0.39, 0.29) is 12.5 Å². The van der Waals surface area contributed by atoms with Crippen LogP contribution < -0.4 is 5.32 Å². The molecule has 2 atom stereocenters. The number of amides is 1. The van der Waals surface area contributed by atoms with Crippen LogP contribution in [0.3, 0.4) is 0 Å². The number of pyridine rings is 1. The molecule has 4 nitrogen and oxygen atoms in total. The number of carbonyl (C=O) groups excluding carboxylic acids is 1. The molecule has 0 saturated heterocycles. The lowest BCUT2D eigenvalue weighted by Crippen LogP contribution is -2.35. The molecule has 4 heteroatoms. The first-order chi connectivity index (χ1) is 9.79. The van der Waals surface area contributed by atoms with E-state index in [2.05, 4.69) is 10.3 Å². The van der Waals surface area contributed by atoms with Gasteiger partial charge in [0.1, 0.15) is 0 Å². The Morgan fingerprint density at radius 2 is 2.15 bits per heavy atom. The van der Waals surface area contributed by atoms with Gasteiger partial charge in [-0.25, -0.2) is 0 Å². The van der Waals surface area contributed by atoms with E-state index in [1.54, 1.807) is 12.4 Å². The molecular weight excluding hydrogens is 252 g/mol. The first-order valence-corrected chi connectivity index (χ1v) is 7.56. The normalized spacial score (nSPS) is 22.4. The maximum atomic E-state index is 11.9. The maximum Gasteiger partial charge on any atom is 0.220 e. The Bertz CT molecular complexity index is 408. The van der Waals surface area contributed by atoms with Crippen molar-refractivity contribution in [3.05, 3.63) is 30.1 Å². The number of aryl methyl sites for hydroxylation is 1. The van der Waals surface area contributed by atoms with Crippen LogP contribution in [-0.4, -0.2) is 29.1 Å². The maximum absolute atomic E-state index is 11.9. The van der Waals surface area contributed by atoms with E-state index in [1.807, 2.05) is 12.1 Å². The minimum atomic E-state index is 0.0936. The molecule has 1 aliphatic rings. The van der Waals surface area contributed by atoms with Gasteiger partial charge in [0.05, 0.1) is 0 Å². The van der Waals surface area contributed by atoms with Gasteiger partial charge in [0.2, 0.25) is 5.91 Å². The van der Waals surface area contributed by atoms with Crippen LogP contribution in [0, 0.1) is 11.8 Å². The van der Waals surface area contributed by atoms with Crippen molar-refractivity contribution in [3.8, 4) is 0 Å². The Morgan fingerprint density at radius 3 is 2.85 bits per heavy atom. The average molecular weight is 276 g/mol. The van der Waals surface area contributed by atoms with Crippen LogP contribution in [0.2, 0.25) is 0 Å². The van der Waals surface area contributed by atoms with Crippen molar-refractivity contribution in [1.29, 1.82) is 0 Å². The van der Waals surface area contributed by atoms with E-state index in [0.717, 1.165) is 24.8 Å². The summed E-state index contributed by atoms with van der Waals surface area (Å²) in [4.78, 5) is 15.9. The highest BCUT2D eigenvalue weighted by molar-refractivity contribution is 5.76. The second kappa shape index (κ2) is 8.00. The third-order valence-corrected chi connectivity index (χ3v) is 4.23. The SMILES string of the molecule is O=C(CCc1cccnc1)NCC1CCCCC1CO. The highest BCUT2D eigenvalue weighted by Crippen LogP contribution is 2.29. The quantitative estimate of drug-likeness (QED) is 0.834. The Hall–Kier alpha value is -1.42. The Morgan fingerprint density at radius 1 is 1.35 bits per heavy atom. The highest BCUT2D eigenvalue weighted by Gasteiger charge is 2.24. The molecule has 1 amide bonds. The fourth-order valence-corrected chi connectivity index (χ4v) is 2.93. The Kier molecular flexibility index (Phi) is 5.99. The monoisotopic (exact) mass is 276 g/mol. The number of aliphatic hydroxyl groups excluding tert-OH is 1. The summed E-state index contributed by atoms with van der Waals surface area (Å²) in [5, 5.41) is 12.4. The van der Waals surface area contributed by atoms with Gasteiger partial charge in [-0.2, -0.15) is 0 Å². The van der Waals surface area contributed by atoms with Gasteiger partial charge in [0, 0.05) is 32.0 Å². The fourth-order valence-electron chi connectivity index (χ4n) is 2.93. The summed E-state index contributed by atoms with van der Waals surface area (Å²) in [5.41, 5.74) is 1.09. The third-order valence-electron chi connectivity index (χ3n) is 4.23. The van der Waals surface area contributed by atoms with Gasteiger partial charge >= 0.3 is 0 Å². The van der Waals surface area contributed by atoms with E-state index in [0.29, 0.717) is 24.8 Å². The lowest BCUT2D eigenvalue weighted by Gasteiger charge is -2.30. The van der Waals surface area contributed by atoms with Crippen LogP contribution in [-0.2, 0) is 11.2 Å².